The Morgan fingerprint density at radius 3 is 3.06 bits per heavy atom. The summed E-state index contributed by atoms with van der Waals surface area (Å²) in [6, 6.07) is 7.85. The molecule has 0 saturated carbocycles. The first-order chi connectivity index (χ1) is 7.74. The van der Waals surface area contributed by atoms with Crippen LogP contribution in [0.5, 0.6) is 0 Å². The van der Waals surface area contributed by atoms with Crippen LogP contribution in [0.25, 0.3) is 11.0 Å². The molecule has 0 bridgehead atoms. The van der Waals surface area contributed by atoms with Gasteiger partial charge < -0.3 is 5.01 Å². The summed E-state index contributed by atoms with van der Waals surface area (Å²) in [6.45, 7) is 4.45. The van der Waals surface area contributed by atoms with Crippen LogP contribution in [0.15, 0.2) is 43.1 Å². The second-order valence-electron chi connectivity index (χ2n) is 3.53. The van der Waals surface area contributed by atoms with Crippen molar-refractivity contribution in [3.05, 3.63) is 47.8 Å². The van der Waals surface area contributed by atoms with Crippen LogP contribution < -0.4 is 5.01 Å². The van der Waals surface area contributed by atoms with Gasteiger partial charge >= 0.3 is 0 Å². The number of likely N-dealkylation sites (N-methyl/N-ethyl adjacent to an activating group) is 1. The summed E-state index contributed by atoms with van der Waals surface area (Å²) in [4.78, 5) is 4.37. The van der Waals surface area contributed by atoms with Crippen molar-refractivity contribution < 1.29 is 0 Å². The van der Waals surface area contributed by atoms with Gasteiger partial charge in [0.05, 0.1) is 6.54 Å². The average Bonchev–Trinajstić information content (AvgIpc) is 2.29. The SMILES string of the molecule is C=CCN(C)n1c(=S)ccc2cccnc21. The van der Waals surface area contributed by atoms with Crippen LogP contribution in [-0.2, 0) is 0 Å². The highest BCUT2D eigenvalue weighted by Crippen LogP contribution is 2.11. The molecule has 2 rings (SSSR count). The summed E-state index contributed by atoms with van der Waals surface area (Å²) in [5, 5.41) is 3.07. The van der Waals surface area contributed by atoms with Crippen LogP contribution in [-0.4, -0.2) is 23.3 Å². The van der Waals surface area contributed by atoms with Gasteiger partial charge in [0.25, 0.3) is 0 Å². The molecule has 0 amide bonds. The maximum atomic E-state index is 5.32. The molecular formula is C12H13N3S. The Bertz CT molecular complexity index is 574. The van der Waals surface area contributed by atoms with Crippen molar-refractivity contribution in [1.82, 2.24) is 9.66 Å². The highest BCUT2D eigenvalue weighted by molar-refractivity contribution is 7.71. The predicted molar refractivity (Wildman–Crippen MR) is 69.8 cm³/mol. The Kier molecular flexibility index (Phi) is 3.01. The fourth-order valence-corrected chi connectivity index (χ4v) is 1.94. The summed E-state index contributed by atoms with van der Waals surface area (Å²) in [6.07, 6.45) is 3.61. The van der Waals surface area contributed by atoms with Crippen molar-refractivity contribution in [1.29, 1.82) is 0 Å². The lowest BCUT2D eigenvalue weighted by Crippen LogP contribution is -2.31. The number of rotatable bonds is 3. The van der Waals surface area contributed by atoms with Crippen molar-refractivity contribution in [2.45, 2.75) is 0 Å². The van der Waals surface area contributed by atoms with Crippen molar-refractivity contribution in [2.75, 3.05) is 18.6 Å². The molecule has 0 aliphatic rings. The molecule has 3 nitrogen and oxygen atoms in total. The van der Waals surface area contributed by atoms with Gasteiger partial charge in [0.15, 0.2) is 5.65 Å². The second kappa shape index (κ2) is 4.45. The van der Waals surface area contributed by atoms with Crippen LogP contribution in [0, 0.1) is 4.64 Å². The van der Waals surface area contributed by atoms with Gasteiger partial charge in [-0.2, -0.15) is 0 Å². The van der Waals surface area contributed by atoms with Crippen molar-refractivity contribution in [3.63, 3.8) is 0 Å². The van der Waals surface area contributed by atoms with Crippen molar-refractivity contribution >= 4 is 23.3 Å². The summed E-state index contributed by atoms with van der Waals surface area (Å²) in [5.41, 5.74) is 0.874. The van der Waals surface area contributed by atoms with Gasteiger partial charge in [0, 0.05) is 18.6 Å². The molecule has 0 aromatic carbocycles. The predicted octanol–water partition coefficient (Wildman–Crippen LogP) is 2.52. The van der Waals surface area contributed by atoms with E-state index < -0.39 is 0 Å². The quantitative estimate of drug-likeness (QED) is 0.598. The Morgan fingerprint density at radius 2 is 2.31 bits per heavy atom. The van der Waals surface area contributed by atoms with Gasteiger partial charge in [0.1, 0.15) is 4.64 Å². The monoisotopic (exact) mass is 231 g/mol. The minimum Gasteiger partial charge on any atom is -0.309 e. The van der Waals surface area contributed by atoms with Crippen molar-refractivity contribution in [2.24, 2.45) is 0 Å². The lowest BCUT2D eigenvalue weighted by molar-refractivity contribution is 0.699. The summed E-state index contributed by atoms with van der Waals surface area (Å²) in [7, 11) is 1.96. The zero-order valence-corrected chi connectivity index (χ0v) is 9.94. The Hall–Kier alpha value is -1.68. The zero-order valence-electron chi connectivity index (χ0n) is 9.13. The molecule has 0 radical (unpaired) electrons. The normalized spacial score (nSPS) is 10.3. The van der Waals surface area contributed by atoms with Gasteiger partial charge in [-0.05, 0) is 24.3 Å². The number of fused-ring (bicyclic) bond motifs is 1. The maximum Gasteiger partial charge on any atom is 0.159 e. The van der Waals surface area contributed by atoms with Crippen LogP contribution >= 0.6 is 12.2 Å². The van der Waals surface area contributed by atoms with Gasteiger partial charge in [-0.1, -0.05) is 18.3 Å². The van der Waals surface area contributed by atoms with E-state index in [1.54, 1.807) is 6.20 Å². The molecule has 82 valence electrons. The second-order valence-corrected chi connectivity index (χ2v) is 3.95. The van der Waals surface area contributed by atoms with Crippen molar-refractivity contribution in [3.8, 4) is 0 Å². The van der Waals surface area contributed by atoms with Crippen LogP contribution in [0.2, 0.25) is 0 Å². The first-order valence-corrected chi connectivity index (χ1v) is 5.44. The lowest BCUT2D eigenvalue weighted by Gasteiger charge is -2.22. The average molecular weight is 231 g/mol. The molecule has 0 N–H and O–H groups in total. The third kappa shape index (κ3) is 1.84. The van der Waals surface area contributed by atoms with E-state index in [2.05, 4.69) is 11.6 Å². The Labute approximate surface area is 99.6 Å². The highest BCUT2D eigenvalue weighted by atomic mass is 32.1. The number of hydrogen-bond acceptors (Lipinski definition) is 3. The van der Waals surface area contributed by atoms with Gasteiger partial charge in [-0.3, -0.25) is 0 Å². The van der Waals surface area contributed by atoms with Gasteiger partial charge in [0.2, 0.25) is 0 Å². The molecule has 2 heterocycles. The zero-order chi connectivity index (χ0) is 11.5. The lowest BCUT2D eigenvalue weighted by atomic mass is 10.3. The van der Waals surface area contributed by atoms with E-state index in [1.807, 2.05) is 47.1 Å². The van der Waals surface area contributed by atoms with Gasteiger partial charge in [-0.25, -0.2) is 9.66 Å². The van der Waals surface area contributed by atoms with Crippen LogP contribution in [0.3, 0.4) is 0 Å². The molecule has 0 aliphatic heterocycles. The first kappa shape index (κ1) is 10.8. The van der Waals surface area contributed by atoms with E-state index in [1.165, 1.54) is 0 Å². The van der Waals surface area contributed by atoms with Gasteiger partial charge in [-0.15, -0.1) is 6.58 Å². The number of nitrogens with zero attached hydrogens (tertiary/aromatic N) is 3. The molecular weight excluding hydrogens is 218 g/mol. The van der Waals surface area contributed by atoms with E-state index >= 15 is 0 Å². The molecule has 2 aromatic rings. The summed E-state index contributed by atoms with van der Waals surface area (Å²) < 4.78 is 2.67. The standard InChI is InChI=1S/C12H13N3S/c1-3-9-14(2)15-11(16)7-6-10-5-4-8-13-12(10)15/h3-8H,1,9H2,2H3. The fraction of sp³-hybridized carbons (Fsp3) is 0.167. The number of pyridine rings is 2. The van der Waals surface area contributed by atoms with E-state index in [4.69, 9.17) is 12.2 Å². The van der Waals surface area contributed by atoms with E-state index in [9.17, 15) is 0 Å². The molecule has 0 aliphatic carbocycles. The first-order valence-electron chi connectivity index (χ1n) is 5.03. The molecule has 0 saturated heterocycles. The third-order valence-electron chi connectivity index (χ3n) is 2.37. The Morgan fingerprint density at radius 1 is 1.50 bits per heavy atom. The van der Waals surface area contributed by atoms with E-state index in [0.717, 1.165) is 22.2 Å². The number of hydrogen-bond donors (Lipinski definition) is 0. The molecule has 0 spiro atoms. The molecule has 0 unspecified atom stereocenters. The summed E-state index contributed by atoms with van der Waals surface area (Å²) >= 11 is 5.32. The molecule has 4 heteroatoms. The number of aromatic nitrogens is 2. The minimum atomic E-state index is 0.726. The minimum absolute atomic E-state index is 0.726. The topological polar surface area (TPSA) is 21.1 Å². The van der Waals surface area contributed by atoms with Crippen LogP contribution in [0.1, 0.15) is 0 Å². The Balaban J connectivity index is 2.70. The molecule has 0 fully saturated rings. The highest BCUT2D eigenvalue weighted by Gasteiger charge is 2.04. The smallest absolute Gasteiger partial charge is 0.159 e. The molecule has 2 aromatic heterocycles. The molecule has 0 atom stereocenters. The molecule has 16 heavy (non-hydrogen) atoms. The van der Waals surface area contributed by atoms with E-state index in [0.29, 0.717) is 0 Å². The largest absolute Gasteiger partial charge is 0.309 e. The van der Waals surface area contributed by atoms with E-state index in [-0.39, 0.29) is 0 Å². The van der Waals surface area contributed by atoms with Crippen LogP contribution in [0.4, 0.5) is 0 Å². The third-order valence-corrected chi connectivity index (χ3v) is 2.68. The fourth-order valence-electron chi connectivity index (χ4n) is 1.65. The summed E-state index contributed by atoms with van der Waals surface area (Å²) in [5.74, 6) is 0. The maximum absolute atomic E-state index is 5.32.